The van der Waals surface area contributed by atoms with E-state index in [-0.39, 0.29) is 16.8 Å². The summed E-state index contributed by atoms with van der Waals surface area (Å²) in [6.45, 7) is 9.52. The first-order chi connectivity index (χ1) is 10.4. The first-order valence-corrected chi connectivity index (χ1v) is 7.77. The van der Waals surface area contributed by atoms with E-state index in [1.54, 1.807) is 0 Å². The number of aromatic amines is 1. The maximum Gasteiger partial charge on any atom is 0.272 e. The van der Waals surface area contributed by atoms with E-state index in [1.807, 2.05) is 25.1 Å². The summed E-state index contributed by atoms with van der Waals surface area (Å²) in [5.41, 5.74) is 4.26. The SMILES string of the molecule is C=C(O/C(=N\N)SCC(C)=O)c1ccc2[nH]c(C)c(C)c2c1. The Hall–Kier alpha value is -2.21. The second kappa shape index (κ2) is 6.70. The number of aromatic nitrogens is 1. The summed E-state index contributed by atoms with van der Waals surface area (Å²) in [6.07, 6.45) is 0. The largest absolute Gasteiger partial charge is 0.433 e. The van der Waals surface area contributed by atoms with Gasteiger partial charge in [-0.05, 0) is 44.5 Å². The van der Waals surface area contributed by atoms with Crippen LogP contribution in [-0.2, 0) is 9.53 Å². The summed E-state index contributed by atoms with van der Waals surface area (Å²) in [6, 6.07) is 5.92. The molecule has 1 heterocycles. The monoisotopic (exact) mass is 317 g/mol. The van der Waals surface area contributed by atoms with Gasteiger partial charge in [0.05, 0.1) is 5.75 Å². The Morgan fingerprint density at radius 1 is 1.45 bits per heavy atom. The average molecular weight is 317 g/mol. The van der Waals surface area contributed by atoms with E-state index in [1.165, 1.54) is 12.5 Å². The first-order valence-electron chi connectivity index (χ1n) is 6.78. The maximum atomic E-state index is 11.0. The Kier molecular flexibility index (Phi) is 4.92. The number of fused-ring (bicyclic) bond motifs is 1. The Morgan fingerprint density at radius 2 is 2.18 bits per heavy atom. The molecule has 22 heavy (non-hydrogen) atoms. The molecule has 0 atom stereocenters. The van der Waals surface area contributed by atoms with Crippen LogP contribution in [0.3, 0.4) is 0 Å². The summed E-state index contributed by atoms with van der Waals surface area (Å²) >= 11 is 1.15. The van der Waals surface area contributed by atoms with Gasteiger partial charge in [0.25, 0.3) is 5.23 Å². The van der Waals surface area contributed by atoms with E-state index >= 15 is 0 Å². The molecule has 0 aliphatic rings. The van der Waals surface area contributed by atoms with Gasteiger partial charge in [0.15, 0.2) is 0 Å². The molecule has 0 saturated heterocycles. The number of aryl methyl sites for hydroxylation is 2. The Labute approximate surface area is 133 Å². The molecule has 0 saturated carbocycles. The van der Waals surface area contributed by atoms with Crippen LogP contribution in [0.2, 0.25) is 0 Å². The van der Waals surface area contributed by atoms with Crippen molar-refractivity contribution in [2.45, 2.75) is 20.8 Å². The second-order valence-electron chi connectivity index (χ2n) is 5.05. The highest BCUT2D eigenvalue weighted by Gasteiger charge is 2.11. The van der Waals surface area contributed by atoms with Crippen LogP contribution in [0.25, 0.3) is 16.7 Å². The molecule has 0 aliphatic carbocycles. The summed E-state index contributed by atoms with van der Waals surface area (Å²) < 4.78 is 5.56. The van der Waals surface area contributed by atoms with Crippen molar-refractivity contribution in [2.75, 3.05) is 5.75 Å². The van der Waals surface area contributed by atoms with Crippen LogP contribution in [0.5, 0.6) is 0 Å². The minimum Gasteiger partial charge on any atom is -0.433 e. The molecule has 0 spiro atoms. The predicted molar refractivity (Wildman–Crippen MR) is 92.7 cm³/mol. The third kappa shape index (κ3) is 3.51. The number of carbonyl (C=O) groups excluding carboxylic acids is 1. The molecule has 1 aromatic heterocycles. The highest BCUT2D eigenvalue weighted by atomic mass is 32.2. The summed E-state index contributed by atoms with van der Waals surface area (Å²) in [7, 11) is 0. The number of hydrogen-bond donors (Lipinski definition) is 2. The van der Waals surface area contributed by atoms with E-state index in [9.17, 15) is 4.79 Å². The van der Waals surface area contributed by atoms with Crippen LogP contribution >= 0.6 is 11.8 Å². The van der Waals surface area contributed by atoms with Crippen LogP contribution in [0.1, 0.15) is 23.7 Å². The first kappa shape index (κ1) is 16.2. The number of Topliss-reactive ketones (excluding diaryl/α,β-unsaturated/α-hetero) is 1. The zero-order valence-electron chi connectivity index (χ0n) is 12.9. The van der Waals surface area contributed by atoms with Gasteiger partial charge in [-0.1, -0.05) is 18.3 Å². The number of ketones is 1. The number of nitrogens with zero attached hydrogens (tertiary/aromatic N) is 1. The summed E-state index contributed by atoms with van der Waals surface area (Å²) in [5.74, 6) is 6.02. The van der Waals surface area contributed by atoms with Gasteiger partial charge in [-0.3, -0.25) is 4.79 Å². The lowest BCUT2D eigenvalue weighted by molar-refractivity contribution is -0.114. The molecule has 0 radical (unpaired) electrons. The van der Waals surface area contributed by atoms with E-state index in [0.717, 1.165) is 33.9 Å². The van der Waals surface area contributed by atoms with Crippen molar-refractivity contribution in [1.82, 2.24) is 4.98 Å². The third-order valence-corrected chi connectivity index (χ3v) is 4.33. The molecule has 0 aliphatic heterocycles. The predicted octanol–water partition coefficient (Wildman–Crippen LogP) is 3.32. The van der Waals surface area contributed by atoms with E-state index in [0.29, 0.717) is 5.76 Å². The van der Waals surface area contributed by atoms with Crippen LogP contribution < -0.4 is 5.84 Å². The van der Waals surface area contributed by atoms with E-state index < -0.39 is 0 Å². The molecule has 116 valence electrons. The Bertz CT molecular complexity index is 762. The van der Waals surface area contributed by atoms with Crippen molar-refractivity contribution in [3.63, 3.8) is 0 Å². The van der Waals surface area contributed by atoms with E-state index in [2.05, 4.69) is 23.6 Å². The number of hydrogen-bond acceptors (Lipinski definition) is 5. The molecule has 0 unspecified atom stereocenters. The van der Waals surface area contributed by atoms with Crippen LogP contribution in [0.4, 0.5) is 0 Å². The number of nitrogens with one attached hydrogen (secondary N) is 1. The number of rotatable bonds is 4. The summed E-state index contributed by atoms with van der Waals surface area (Å²) in [5, 5.41) is 4.90. The molecule has 0 bridgehead atoms. The molecular weight excluding hydrogens is 298 g/mol. The van der Waals surface area contributed by atoms with Gasteiger partial charge < -0.3 is 15.6 Å². The van der Waals surface area contributed by atoms with Crippen molar-refractivity contribution in [3.05, 3.63) is 41.6 Å². The van der Waals surface area contributed by atoms with Gasteiger partial charge in [-0.2, -0.15) is 0 Å². The Morgan fingerprint density at radius 3 is 2.82 bits per heavy atom. The van der Waals surface area contributed by atoms with Gasteiger partial charge in [-0.15, -0.1) is 5.10 Å². The van der Waals surface area contributed by atoms with Crippen molar-refractivity contribution in [3.8, 4) is 0 Å². The highest BCUT2D eigenvalue weighted by molar-refractivity contribution is 8.14. The maximum absolute atomic E-state index is 11.0. The molecule has 6 heteroatoms. The minimum atomic E-state index is 0.0280. The number of H-pyrrole nitrogens is 1. The van der Waals surface area contributed by atoms with E-state index in [4.69, 9.17) is 10.6 Å². The van der Waals surface area contributed by atoms with Crippen molar-refractivity contribution in [1.29, 1.82) is 0 Å². The molecular formula is C16H19N3O2S. The molecule has 1 aromatic carbocycles. The molecule has 5 nitrogen and oxygen atoms in total. The van der Waals surface area contributed by atoms with Gasteiger partial charge >= 0.3 is 0 Å². The fourth-order valence-electron chi connectivity index (χ4n) is 2.06. The second-order valence-corrected chi connectivity index (χ2v) is 5.97. The number of thioether (sulfide) groups is 1. The highest BCUT2D eigenvalue weighted by Crippen LogP contribution is 2.26. The lowest BCUT2D eigenvalue weighted by atomic mass is 10.1. The average Bonchev–Trinajstić information content (AvgIpc) is 2.77. The van der Waals surface area contributed by atoms with Gasteiger partial charge in [0.1, 0.15) is 11.5 Å². The number of hydrazone groups is 1. The zero-order chi connectivity index (χ0) is 16.3. The van der Waals surface area contributed by atoms with Gasteiger partial charge in [0.2, 0.25) is 0 Å². The minimum absolute atomic E-state index is 0.0280. The fourth-order valence-corrected chi connectivity index (χ4v) is 2.62. The fraction of sp³-hybridized carbons (Fsp3) is 0.250. The van der Waals surface area contributed by atoms with Crippen LogP contribution in [-0.4, -0.2) is 21.7 Å². The van der Waals surface area contributed by atoms with Crippen molar-refractivity contribution < 1.29 is 9.53 Å². The van der Waals surface area contributed by atoms with Crippen LogP contribution in [0.15, 0.2) is 29.9 Å². The molecule has 0 fully saturated rings. The smallest absolute Gasteiger partial charge is 0.272 e. The topological polar surface area (TPSA) is 80.5 Å². The van der Waals surface area contributed by atoms with Crippen molar-refractivity contribution >= 4 is 39.4 Å². The van der Waals surface area contributed by atoms with Gasteiger partial charge in [-0.25, -0.2) is 0 Å². The quantitative estimate of drug-likeness (QED) is 0.298. The Balaban J connectivity index is 2.18. The normalized spacial score (nSPS) is 11.7. The standard InChI is InChI=1S/C16H19N3O2S/c1-9(20)8-22-16(19-17)21-12(4)13-5-6-15-14(7-13)10(2)11(3)18-15/h5-7,18H,4,8,17H2,1-3H3/b19-16+. The molecule has 2 aromatic rings. The zero-order valence-corrected chi connectivity index (χ0v) is 13.7. The molecule has 0 amide bonds. The molecule has 3 N–H and O–H groups in total. The lowest BCUT2D eigenvalue weighted by Crippen LogP contribution is -2.06. The van der Waals surface area contributed by atoms with Gasteiger partial charge in [0, 0.05) is 22.2 Å². The third-order valence-electron chi connectivity index (χ3n) is 3.35. The number of nitrogens with two attached hydrogens (primary N) is 1. The van der Waals surface area contributed by atoms with Crippen LogP contribution in [0, 0.1) is 13.8 Å². The number of benzene rings is 1. The number of ether oxygens (including phenoxy) is 1. The summed E-state index contributed by atoms with van der Waals surface area (Å²) in [4.78, 5) is 14.3. The molecule has 2 rings (SSSR count). The van der Waals surface area contributed by atoms with Crippen molar-refractivity contribution in [2.24, 2.45) is 10.9 Å². The lowest BCUT2D eigenvalue weighted by Gasteiger charge is -2.09. The number of carbonyl (C=O) groups is 1.